The first-order valence-corrected chi connectivity index (χ1v) is 28.7. The van der Waals surface area contributed by atoms with Gasteiger partial charge in [-0.05, 0) is 154 Å². The van der Waals surface area contributed by atoms with Crippen LogP contribution in [0.5, 0.6) is 46.0 Å². The van der Waals surface area contributed by atoms with Crippen LogP contribution in [0.15, 0.2) is 273 Å². The van der Waals surface area contributed by atoms with Gasteiger partial charge in [0, 0.05) is 51.1 Å². The quantitative estimate of drug-likeness (QED) is 0.174. The number of hydrogen-bond acceptors (Lipinski definition) is 5. The Hall–Kier alpha value is -10.9. The minimum absolute atomic E-state index is 0.219. The van der Waals surface area contributed by atoms with Gasteiger partial charge in [-0.3, -0.25) is 0 Å². The normalized spacial score (nSPS) is 15.4. The molecule has 0 radical (unpaired) electrons. The zero-order chi connectivity index (χ0) is 55.6. The molecule has 5 nitrogen and oxygen atoms in total. The molecule has 0 bridgehead atoms. The van der Waals surface area contributed by atoms with E-state index in [2.05, 4.69) is 212 Å². The molecule has 17 rings (SSSR count). The highest BCUT2D eigenvalue weighted by Crippen LogP contribution is 2.59. The largest absolute Gasteiger partial charge is 0.508 e. The van der Waals surface area contributed by atoms with Gasteiger partial charge in [0.1, 0.15) is 46.0 Å². The number of phenols is 2. The monoisotopic (exact) mass is 1080 g/mol. The molecule has 0 saturated heterocycles. The lowest BCUT2D eigenvalue weighted by Gasteiger charge is -2.35. The number of benzene rings is 14. The third kappa shape index (κ3) is 7.56. The molecule has 3 aliphatic rings. The second kappa shape index (κ2) is 18.8. The second-order valence-electron chi connectivity index (χ2n) is 22.4. The van der Waals surface area contributed by atoms with Crippen molar-refractivity contribution in [3.63, 3.8) is 0 Å². The lowest BCUT2D eigenvalue weighted by Crippen LogP contribution is -2.16. The van der Waals surface area contributed by atoms with Gasteiger partial charge >= 0.3 is 0 Å². The van der Waals surface area contributed by atoms with E-state index in [9.17, 15) is 10.2 Å². The van der Waals surface area contributed by atoms with E-state index < -0.39 is 0 Å². The fourth-order valence-electron chi connectivity index (χ4n) is 14.1. The molecule has 0 amide bonds. The summed E-state index contributed by atoms with van der Waals surface area (Å²) in [7, 11) is 0. The standard InChI is InChI=1S/C79H50O5/c80-57-30-32-59-55(44-57)28-38-65-74(59)71(52-22-16-49(17-23-52)46-10-4-1-5-11-46)76-61-34-42-69-78(63(61)36-40-67(76)82-65)73(54-26-20-51(21-27-54)48-14-8-3-9-15-48)79-64-37-41-68-77(62(64)35-43-70(79)84-69)72(53-24-18-50(19-25-53)47-12-6-2-7-13-47)75-60-33-31-58(81)45-56(60)29-39-66(75)83-68/h1-45,71-73,80-81H. The Balaban J connectivity index is 0.901. The molecular formula is C79H50O5. The maximum absolute atomic E-state index is 10.8. The van der Waals surface area contributed by atoms with Crippen LogP contribution in [-0.2, 0) is 0 Å². The number of phenolic OH excluding ortho intramolecular Hbond substituents is 2. The third-order valence-electron chi connectivity index (χ3n) is 17.9. The summed E-state index contributed by atoms with van der Waals surface area (Å²) in [6.45, 7) is 0. The minimum Gasteiger partial charge on any atom is -0.508 e. The maximum atomic E-state index is 10.8. The zero-order valence-electron chi connectivity index (χ0n) is 45.3. The maximum Gasteiger partial charge on any atom is 0.132 e. The third-order valence-corrected chi connectivity index (χ3v) is 17.9. The van der Waals surface area contributed by atoms with Crippen LogP contribution < -0.4 is 14.2 Å². The first kappa shape index (κ1) is 47.9. The highest BCUT2D eigenvalue weighted by Gasteiger charge is 2.39. The van der Waals surface area contributed by atoms with Crippen molar-refractivity contribution in [1.29, 1.82) is 0 Å². The van der Waals surface area contributed by atoms with Gasteiger partial charge in [0.25, 0.3) is 0 Å². The van der Waals surface area contributed by atoms with E-state index in [1.54, 1.807) is 12.1 Å². The van der Waals surface area contributed by atoms with Crippen LogP contribution in [0.4, 0.5) is 0 Å². The van der Waals surface area contributed by atoms with Gasteiger partial charge in [-0.15, -0.1) is 0 Å². The van der Waals surface area contributed by atoms with Crippen LogP contribution in [0.25, 0.3) is 76.5 Å². The van der Waals surface area contributed by atoms with Crippen molar-refractivity contribution in [3.8, 4) is 79.4 Å². The molecule has 2 atom stereocenters. The van der Waals surface area contributed by atoms with Gasteiger partial charge in [0.05, 0.1) is 0 Å². The summed E-state index contributed by atoms with van der Waals surface area (Å²) in [5.41, 5.74) is 16.7. The van der Waals surface area contributed by atoms with Crippen molar-refractivity contribution in [2.75, 3.05) is 0 Å². The summed E-state index contributed by atoms with van der Waals surface area (Å²) in [6.07, 6.45) is 0. The summed E-state index contributed by atoms with van der Waals surface area (Å²) in [5, 5.41) is 29.8. The van der Waals surface area contributed by atoms with Crippen LogP contribution in [0, 0.1) is 0 Å². The van der Waals surface area contributed by atoms with Crippen LogP contribution >= 0.6 is 0 Å². The first-order chi connectivity index (χ1) is 41.5. The molecule has 0 spiro atoms. The second-order valence-corrected chi connectivity index (χ2v) is 22.4. The van der Waals surface area contributed by atoms with Crippen LogP contribution in [-0.4, -0.2) is 10.2 Å². The number of hydrogen-bond donors (Lipinski definition) is 2. The molecule has 3 aliphatic heterocycles. The number of aromatic hydroxyl groups is 2. The van der Waals surface area contributed by atoms with E-state index in [1.165, 1.54) is 0 Å². The summed E-state index contributed by atoms with van der Waals surface area (Å²) in [6, 6.07) is 95.8. The van der Waals surface area contributed by atoms with Crippen LogP contribution in [0.1, 0.15) is 67.8 Å². The van der Waals surface area contributed by atoms with E-state index >= 15 is 0 Å². The Morgan fingerprint density at radius 2 is 0.452 bits per heavy atom. The Morgan fingerprint density at radius 3 is 0.738 bits per heavy atom. The number of fused-ring (bicyclic) bond motifs is 16. The average Bonchev–Trinajstić information content (AvgIpc) is 1.98. The molecule has 0 saturated carbocycles. The van der Waals surface area contributed by atoms with E-state index in [-0.39, 0.29) is 29.3 Å². The molecular weight excluding hydrogens is 1030 g/mol. The number of ether oxygens (including phenoxy) is 3. The van der Waals surface area contributed by atoms with Crippen molar-refractivity contribution in [2.24, 2.45) is 0 Å². The molecule has 14 aromatic carbocycles. The van der Waals surface area contributed by atoms with E-state index in [4.69, 9.17) is 14.2 Å². The molecule has 0 aliphatic carbocycles. The lowest BCUT2D eigenvalue weighted by molar-refractivity contribution is 0.452. The molecule has 14 aromatic rings. The smallest absolute Gasteiger partial charge is 0.132 e. The van der Waals surface area contributed by atoms with Gasteiger partial charge in [0.2, 0.25) is 0 Å². The molecule has 396 valence electrons. The SMILES string of the molecule is Oc1ccc2c3c(ccc2c1)Oc1ccc2c4c(ccc2c1C3c1ccc(-c2ccccc2)cc1)Oc1ccc2c3c(ccc2c1C4c1ccc(-c2ccccc2)cc1)Oc1ccc2cc(O)ccc2c1C3c1ccc(-c2ccccc2)cc1. The highest BCUT2D eigenvalue weighted by molar-refractivity contribution is 6.02. The molecule has 2 unspecified atom stereocenters. The van der Waals surface area contributed by atoms with Crippen LogP contribution in [0.2, 0.25) is 0 Å². The summed E-state index contributed by atoms with van der Waals surface area (Å²) in [4.78, 5) is 0. The summed E-state index contributed by atoms with van der Waals surface area (Å²) >= 11 is 0. The topological polar surface area (TPSA) is 68.2 Å². The van der Waals surface area contributed by atoms with Gasteiger partial charge in [-0.2, -0.15) is 0 Å². The summed E-state index contributed by atoms with van der Waals surface area (Å²) < 4.78 is 21.4. The zero-order valence-corrected chi connectivity index (χ0v) is 45.3. The first-order valence-electron chi connectivity index (χ1n) is 28.7. The Labute approximate surface area is 485 Å². The molecule has 0 aromatic heterocycles. The fraction of sp³-hybridized carbons (Fsp3) is 0.0380. The fourth-order valence-corrected chi connectivity index (χ4v) is 14.1. The van der Waals surface area contributed by atoms with Crippen molar-refractivity contribution in [3.05, 3.63) is 323 Å². The van der Waals surface area contributed by atoms with Crippen molar-refractivity contribution in [1.82, 2.24) is 0 Å². The van der Waals surface area contributed by atoms with Crippen LogP contribution in [0.3, 0.4) is 0 Å². The van der Waals surface area contributed by atoms with E-state index in [0.717, 1.165) is 161 Å². The minimum atomic E-state index is -0.287. The Morgan fingerprint density at radius 1 is 0.214 bits per heavy atom. The molecule has 3 heterocycles. The van der Waals surface area contributed by atoms with Crippen molar-refractivity contribution >= 4 is 43.1 Å². The molecule has 2 N–H and O–H groups in total. The Bertz CT molecular complexity index is 4700. The Kier molecular flexibility index (Phi) is 10.7. The van der Waals surface area contributed by atoms with Gasteiger partial charge < -0.3 is 24.4 Å². The van der Waals surface area contributed by atoms with Gasteiger partial charge in [-0.25, -0.2) is 0 Å². The van der Waals surface area contributed by atoms with Crippen molar-refractivity contribution < 1.29 is 24.4 Å². The molecule has 5 heteroatoms. The lowest BCUT2D eigenvalue weighted by atomic mass is 9.74. The van der Waals surface area contributed by atoms with Gasteiger partial charge in [-0.1, -0.05) is 212 Å². The summed E-state index contributed by atoms with van der Waals surface area (Å²) in [5.74, 6) is 4.46. The number of rotatable bonds is 6. The molecule has 84 heavy (non-hydrogen) atoms. The predicted molar refractivity (Wildman–Crippen MR) is 338 cm³/mol. The average molecular weight is 1080 g/mol. The predicted octanol–water partition coefficient (Wildman–Crippen LogP) is 20.6. The van der Waals surface area contributed by atoms with Crippen molar-refractivity contribution in [2.45, 2.75) is 17.8 Å². The van der Waals surface area contributed by atoms with E-state index in [0.29, 0.717) is 0 Å². The highest BCUT2D eigenvalue weighted by atomic mass is 16.5. The van der Waals surface area contributed by atoms with Gasteiger partial charge in [0.15, 0.2) is 0 Å². The van der Waals surface area contributed by atoms with E-state index in [1.807, 2.05) is 48.5 Å². The molecule has 0 fully saturated rings.